The van der Waals surface area contributed by atoms with Crippen LogP contribution in [-0.2, 0) is 35.3 Å². The molecule has 0 saturated heterocycles. The molecule has 3 rings (SSSR count). The number of thioether (sulfide) groups is 2. The molecule has 0 bridgehead atoms. The Labute approximate surface area is 353 Å². The fourth-order valence-corrected chi connectivity index (χ4v) is 8.94. The van der Waals surface area contributed by atoms with E-state index >= 15 is 0 Å². The average molecular weight is 934 g/mol. The maximum absolute atomic E-state index is 13.8. The van der Waals surface area contributed by atoms with E-state index in [4.69, 9.17) is 28.7 Å². The summed E-state index contributed by atoms with van der Waals surface area (Å²) in [6.07, 6.45) is 6.75. The van der Waals surface area contributed by atoms with Crippen LogP contribution in [0.4, 0.5) is 0 Å². The minimum atomic E-state index is -0.326. The van der Waals surface area contributed by atoms with Crippen molar-refractivity contribution >= 4 is 90.4 Å². The van der Waals surface area contributed by atoms with Crippen LogP contribution in [0.25, 0.3) is 0 Å². The zero-order valence-electron chi connectivity index (χ0n) is 31.7. The molecule has 10 N–H and O–H groups in total. The number of Topliss-reactive ketones (excluding diaryl/α,β-unsaturated/α-hetero) is 4. The Kier molecular flexibility index (Phi) is 20.8. The molecule has 1 heterocycles. The molecule has 0 spiro atoms. The molecule has 302 valence electrons. The Morgan fingerprint density at radius 3 is 1.43 bits per heavy atom. The molecule has 0 unspecified atom stereocenters. The van der Waals surface area contributed by atoms with Crippen LogP contribution in [0.1, 0.15) is 95.1 Å². The van der Waals surface area contributed by atoms with Gasteiger partial charge in [-0.3, -0.25) is 29.2 Å². The van der Waals surface area contributed by atoms with Crippen LogP contribution in [0.3, 0.4) is 0 Å². The highest BCUT2D eigenvalue weighted by molar-refractivity contribution is 9.10. The number of benzene rings is 2. The Hall–Kier alpha value is -3.64. The number of nitrogens with two attached hydrogens (primary N) is 5. The quantitative estimate of drug-likeness (QED) is 0.0219. The van der Waals surface area contributed by atoms with Crippen molar-refractivity contribution in [2.24, 2.45) is 38.7 Å². The molecule has 0 atom stereocenters. The molecule has 0 radical (unpaired) electrons. The van der Waals surface area contributed by atoms with E-state index in [1.54, 1.807) is 0 Å². The van der Waals surface area contributed by atoms with Crippen LogP contribution < -0.4 is 28.7 Å². The smallest absolute Gasteiger partial charge is 0.185 e. The monoisotopic (exact) mass is 931 g/mol. The lowest BCUT2D eigenvalue weighted by atomic mass is 9.98. The molecule has 2 aromatic carbocycles. The Morgan fingerprint density at radius 1 is 0.625 bits per heavy atom. The number of ketones is 4. The second kappa shape index (κ2) is 24.9. The van der Waals surface area contributed by atoms with Gasteiger partial charge in [-0.25, -0.2) is 9.97 Å². The third-order valence-electron chi connectivity index (χ3n) is 8.36. The number of aliphatic imine (C=N–C) groups is 2. The van der Waals surface area contributed by atoms with Crippen molar-refractivity contribution in [2.45, 2.75) is 87.3 Å². The lowest BCUT2D eigenvalue weighted by Gasteiger charge is -2.16. The topological polar surface area (TPSA) is 249 Å². The first-order valence-electron chi connectivity index (χ1n) is 18.4. The van der Waals surface area contributed by atoms with Gasteiger partial charge in [-0.05, 0) is 78.4 Å². The van der Waals surface area contributed by atoms with Crippen molar-refractivity contribution in [2.75, 3.05) is 31.1 Å². The summed E-state index contributed by atoms with van der Waals surface area (Å²) in [5.74, 6) is 0.559. The van der Waals surface area contributed by atoms with Gasteiger partial charge >= 0.3 is 0 Å². The number of rotatable bonds is 26. The summed E-state index contributed by atoms with van der Waals surface area (Å²) in [6.45, 7) is 3.32. The highest BCUT2D eigenvalue weighted by atomic mass is 79.9. The molecule has 56 heavy (non-hydrogen) atoms. The molecular weight excluding hydrogens is 882 g/mol. The molecule has 13 nitrogen and oxygen atoms in total. The number of nitrogens with zero attached hydrogens (tertiary/aromatic N) is 4. The zero-order valence-corrected chi connectivity index (χ0v) is 36.5. The number of halogens is 2. The molecule has 0 aliphatic carbocycles. The van der Waals surface area contributed by atoms with Crippen LogP contribution in [0.5, 0.6) is 0 Å². The van der Waals surface area contributed by atoms with Crippen molar-refractivity contribution in [3.8, 4) is 0 Å². The van der Waals surface area contributed by atoms with Crippen molar-refractivity contribution in [1.29, 1.82) is 0 Å². The Balaban J connectivity index is 1.90. The summed E-state index contributed by atoms with van der Waals surface area (Å²) in [5.41, 5.74) is 30.9. The van der Waals surface area contributed by atoms with Gasteiger partial charge in [-0.1, -0.05) is 51.6 Å². The number of carbonyl (C=O) groups excluding carboxylic acids is 4. The number of carbonyl (C=O) groups is 4. The number of aromatic nitrogens is 2. The SMILES string of the molecule is CCCCCC(=O)Cc1cc(Br)cc(CC(=O)c2cc(C(=O)Cc3cc(Br)cc(CC(=O)CCCCN)c3SCCN=C(N)N)ncn2)c1SCCN=C(N)N. The second-order valence-electron chi connectivity index (χ2n) is 13.0. The normalized spacial score (nSPS) is 10.9. The van der Waals surface area contributed by atoms with E-state index in [-0.39, 0.29) is 72.1 Å². The van der Waals surface area contributed by atoms with Crippen LogP contribution >= 0.6 is 55.4 Å². The van der Waals surface area contributed by atoms with Crippen molar-refractivity contribution in [1.82, 2.24) is 9.97 Å². The van der Waals surface area contributed by atoms with Crippen molar-refractivity contribution in [3.05, 3.63) is 79.2 Å². The van der Waals surface area contributed by atoms with E-state index in [0.29, 0.717) is 61.5 Å². The number of guanidine groups is 2. The summed E-state index contributed by atoms with van der Waals surface area (Å²) in [7, 11) is 0. The van der Waals surface area contributed by atoms with Crippen LogP contribution in [0, 0.1) is 0 Å². The number of hydrogen-bond donors (Lipinski definition) is 5. The molecular formula is C39H51Br2N9O4S2. The predicted molar refractivity (Wildman–Crippen MR) is 234 cm³/mol. The maximum atomic E-state index is 13.8. The van der Waals surface area contributed by atoms with Crippen LogP contribution in [-0.4, -0.2) is 76.2 Å². The van der Waals surface area contributed by atoms with Gasteiger partial charge in [0.25, 0.3) is 0 Å². The Bertz CT molecular complexity index is 1770. The van der Waals surface area contributed by atoms with E-state index in [0.717, 1.165) is 55.5 Å². The first kappa shape index (κ1) is 46.7. The molecule has 1 aromatic heterocycles. The highest BCUT2D eigenvalue weighted by Crippen LogP contribution is 2.34. The highest BCUT2D eigenvalue weighted by Gasteiger charge is 2.22. The van der Waals surface area contributed by atoms with Gasteiger partial charge in [-0.15, -0.1) is 23.5 Å². The second-order valence-corrected chi connectivity index (χ2v) is 17.1. The first-order valence-corrected chi connectivity index (χ1v) is 22.0. The lowest BCUT2D eigenvalue weighted by Crippen LogP contribution is -2.23. The molecule has 0 aliphatic heterocycles. The van der Waals surface area contributed by atoms with Crippen LogP contribution in [0.15, 0.2) is 65.4 Å². The van der Waals surface area contributed by atoms with Gasteiger partial charge in [-0.2, -0.15) is 0 Å². The summed E-state index contributed by atoms with van der Waals surface area (Å²) in [6, 6.07) is 8.93. The van der Waals surface area contributed by atoms with Crippen molar-refractivity contribution in [3.63, 3.8) is 0 Å². The molecule has 3 aromatic rings. The predicted octanol–water partition coefficient (Wildman–Crippen LogP) is 5.52. The standard InChI is InChI=1S/C39H51Br2N9O4S2/c1-2-3-4-7-30(51)18-24-14-28(40)16-26(36(24)55-12-10-47-38(43)44)20-34(53)32-22-33(50-23-49-32)35(54)21-27-17-29(41)15-25(19-31(52)8-5-6-9-42)37(27)56-13-11-48-39(45)46/h14-17,22-23H,2-13,18-21,42H2,1H3,(H4,43,44,47)(H4,45,46,48). The lowest BCUT2D eigenvalue weighted by molar-refractivity contribution is -0.119. The van der Waals surface area contributed by atoms with E-state index in [9.17, 15) is 19.2 Å². The zero-order chi connectivity index (χ0) is 41.0. The largest absolute Gasteiger partial charge is 0.370 e. The van der Waals surface area contributed by atoms with Gasteiger partial charge in [0, 0.05) is 68.8 Å². The van der Waals surface area contributed by atoms with E-state index < -0.39 is 0 Å². The van der Waals surface area contributed by atoms with Gasteiger partial charge in [0.1, 0.15) is 29.3 Å². The molecule has 17 heteroatoms. The van der Waals surface area contributed by atoms with Crippen LogP contribution in [0.2, 0.25) is 0 Å². The summed E-state index contributed by atoms with van der Waals surface area (Å²) in [4.78, 5) is 71.8. The van der Waals surface area contributed by atoms with E-state index in [2.05, 4.69) is 58.7 Å². The van der Waals surface area contributed by atoms with Crippen molar-refractivity contribution < 1.29 is 19.2 Å². The van der Waals surface area contributed by atoms with E-state index in [1.165, 1.54) is 35.9 Å². The molecule has 0 fully saturated rings. The summed E-state index contributed by atoms with van der Waals surface area (Å²) < 4.78 is 1.46. The minimum Gasteiger partial charge on any atom is -0.370 e. The summed E-state index contributed by atoms with van der Waals surface area (Å²) in [5, 5.41) is 0. The molecule has 0 aliphatic rings. The molecule has 0 saturated carbocycles. The number of hydrogen-bond acceptors (Lipinski definition) is 11. The van der Waals surface area contributed by atoms with Gasteiger partial charge in [0.05, 0.1) is 13.1 Å². The number of unbranched alkanes of at least 4 members (excludes halogenated alkanes) is 3. The minimum absolute atomic E-state index is 0.0143. The van der Waals surface area contributed by atoms with E-state index in [1.807, 2.05) is 24.3 Å². The van der Waals surface area contributed by atoms with Gasteiger partial charge < -0.3 is 28.7 Å². The third kappa shape index (κ3) is 16.5. The third-order valence-corrected chi connectivity index (χ3v) is 11.7. The fourth-order valence-electron chi connectivity index (χ4n) is 5.79. The van der Waals surface area contributed by atoms with Gasteiger partial charge in [0.15, 0.2) is 23.5 Å². The van der Waals surface area contributed by atoms with Gasteiger partial charge in [0.2, 0.25) is 0 Å². The Morgan fingerprint density at radius 2 is 1.04 bits per heavy atom. The first-order chi connectivity index (χ1) is 26.8. The average Bonchev–Trinajstić information content (AvgIpc) is 3.13. The molecule has 0 amide bonds. The fraction of sp³-hybridized carbons (Fsp3) is 0.436. The summed E-state index contributed by atoms with van der Waals surface area (Å²) >= 11 is 10.1. The maximum Gasteiger partial charge on any atom is 0.185 e.